The first-order chi connectivity index (χ1) is 10.1. The van der Waals surface area contributed by atoms with Crippen molar-refractivity contribution < 1.29 is 19.4 Å². The number of para-hydroxylation sites is 2. The highest BCUT2D eigenvalue weighted by atomic mass is 16.5. The monoisotopic (exact) mass is 288 g/mol. The number of carbonyl (C=O) groups excluding carboxylic acids is 1. The fourth-order valence-corrected chi connectivity index (χ4v) is 2.14. The first-order valence-corrected chi connectivity index (χ1v) is 6.28. The summed E-state index contributed by atoms with van der Waals surface area (Å²) in [5, 5.41) is 16.5. The number of amides is 1. The maximum absolute atomic E-state index is 12.4. The molecule has 1 aromatic carbocycles. The average Bonchev–Trinajstić information content (AvgIpc) is 2.98. The largest absolute Gasteiger partial charge is 0.478 e. The van der Waals surface area contributed by atoms with E-state index in [0.717, 1.165) is 0 Å². The van der Waals surface area contributed by atoms with Crippen LogP contribution in [0.15, 0.2) is 36.7 Å². The van der Waals surface area contributed by atoms with Crippen LogP contribution in [0.1, 0.15) is 0 Å². The van der Waals surface area contributed by atoms with Gasteiger partial charge in [-0.15, -0.1) is 5.10 Å². The highest BCUT2D eigenvalue weighted by molar-refractivity contribution is 5.96. The second-order valence-electron chi connectivity index (χ2n) is 4.52. The highest BCUT2D eigenvalue weighted by Gasteiger charge is 2.33. The second kappa shape index (κ2) is 5.23. The number of carboxylic acids is 1. The Bertz CT molecular complexity index is 671. The van der Waals surface area contributed by atoms with Crippen molar-refractivity contribution in [1.29, 1.82) is 0 Å². The maximum atomic E-state index is 12.4. The van der Waals surface area contributed by atoms with E-state index in [4.69, 9.17) is 9.84 Å². The van der Waals surface area contributed by atoms with Crippen molar-refractivity contribution in [2.24, 2.45) is 0 Å². The van der Waals surface area contributed by atoms with Crippen LogP contribution in [0.2, 0.25) is 0 Å². The summed E-state index contributed by atoms with van der Waals surface area (Å²) in [7, 11) is 0. The maximum Gasteiger partial charge on any atom is 0.346 e. The molecule has 0 bridgehead atoms. The molecular weight excluding hydrogens is 276 g/mol. The van der Waals surface area contributed by atoms with Gasteiger partial charge in [-0.05, 0) is 12.1 Å². The Morgan fingerprint density at radius 2 is 2.19 bits per heavy atom. The zero-order valence-electron chi connectivity index (χ0n) is 10.9. The number of carboxylic acid groups (broad SMARTS) is 1. The molecule has 1 N–H and O–H groups in total. The van der Waals surface area contributed by atoms with E-state index in [9.17, 15) is 9.59 Å². The third-order valence-corrected chi connectivity index (χ3v) is 3.12. The number of nitrogens with zero attached hydrogens (tertiary/aromatic N) is 4. The lowest BCUT2D eigenvalue weighted by molar-refractivity contribution is -0.145. The molecule has 2 aromatic rings. The third kappa shape index (κ3) is 2.55. The van der Waals surface area contributed by atoms with Crippen molar-refractivity contribution in [3.63, 3.8) is 0 Å². The standard InChI is InChI=1S/C13H12N4O4/c18-12(8-16-6-5-14-15-16)17-7-11(13(19)20)21-10-4-2-1-3-9(10)17/h1-6,11H,7-8H2,(H,19,20). The van der Waals surface area contributed by atoms with Crippen LogP contribution in [-0.2, 0) is 16.1 Å². The molecule has 2 heterocycles. The molecule has 1 aliphatic rings. The Morgan fingerprint density at radius 1 is 1.38 bits per heavy atom. The van der Waals surface area contributed by atoms with Gasteiger partial charge < -0.3 is 14.7 Å². The zero-order chi connectivity index (χ0) is 14.8. The molecule has 8 nitrogen and oxygen atoms in total. The number of ether oxygens (including phenoxy) is 1. The quantitative estimate of drug-likeness (QED) is 0.863. The van der Waals surface area contributed by atoms with Crippen LogP contribution in [0.4, 0.5) is 5.69 Å². The minimum Gasteiger partial charge on any atom is -0.478 e. The van der Waals surface area contributed by atoms with Gasteiger partial charge >= 0.3 is 5.97 Å². The van der Waals surface area contributed by atoms with Crippen LogP contribution >= 0.6 is 0 Å². The Labute approximate surface area is 119 Å². The Morgan fingerprint density at radius 3 is 2.90 bits per heavy atom. The Hall–Kier alpha value is -2.90. The molecule has 0 aliphatic carbocycles. The van der Waals surface area contributed by atoms with Crippen molar-refractivity contribution in [3.8, 4) is 5.75 Å². The number of anilines is 1. The summed E-state index contributed by atoms with van der Waals surface area (Å²) < 4.78 is 6.77. The van der Waals surface area contributed by atoms with Gasteiger partial charge in [0.2, 0.25) is 12.0 Å². The normalized spacial score (nSPS) is 17.0. The van der Waals surface area contributed by atoms with Crippen LogP contribution < -0.4 is 9.64 Å². The number of hydrogen-bond donors (Lipinski definition) is 1. The Kier molecular flexibility index (Phi) is 3.27. The van der Waals surface area contributed by atoms with Gasteiger partial charge in [-0.3, -0.25) is 4.79 Å². The van der Waals surface area contributed by atoms with E-state index in [-0.39, 0.29) is 19.0 Å². The lowest BCUT2D eigenvalue weighted by Crippen LogP contribution is -2.48. The molecule has 1 aliphatic heterocycles. The molecule has 0 saturated heterocycles. The summed E-state index contributed by atoms with van der Waals surface area (Å²) in [4.78, 5) is 24.9. The van der Waals surface area contributed by atoms with Gasteiger partial charge in [0.05, 0.1) is 18.4 Å². The minimum atomic E-state index is -1.11. The van der Waals surface area contributed by atoms with Crippen LogP contribution in [-0.4, -0.2) is 44.6 Å². The Balaban J connectivity index is 1.89. The predicted octanol–water partition coefficient (Wildman–Crippen LogP) is 0.157. The average molecular weight is 288 g/mol. The molecule has 1 amide bonds. The van der Waals surface area contributed by atoms with E-state index in [1.807, 2.05) is 0 Å². The predicted molar refractivity (Wildman–Crippen MR) is 70.9 cm³/mol. The number of fused-ring (bicyclic) bond motifs is 1. The molecule has 0 fully saturated rings. The van der Waals surface area contributed by atoms with Gasteiger partial charge in [0.15, 0.2) is 0 Å². The van der Waals surface area contributed by atoms with Gasteiger partial charge in [0.1, 0.15) is 12.3 Å². The van der Waals surface area contributed by atoms with E-state index in [1.54, 1.807) is 30.5 Å². The van der Waals surface area contributed by atoms with Crippen molar-refractivity contribution in [2.75, 3.05) is 11.4 Å². The molecule has 0 radical (unpaired) electrons. The summed E-state index contributed by atoms with van der Waals surface area (Å²) in [6, 6.07) is 6.84. The molecular formula is C13H12N4O4. The van der Waals surface area contributed by atoms with E-state index in [1.165, 1.54) is 15.8 Å². The lowest BCUT2D eigenvalue weighted by Gasteiger charge is -2.33. The van der Waals surface area contributed by atoms with E-state index in [2.05, 4.69) is 10.3 Å². The topological polar surface area (TPSA) is 97.6 Å². The van der Waals surface area contributed by atoms with Crippen molar-refractivity contribution in [1.82, 2.24) is 15.0 Å². The lowest BCUT2D eigenvalue weighted by atomic mass is 10.2. The van der Waals surface area contributed by atoms with Crippen LogP contribution in [0, 0.1) is 0 Å². The summed E-state index contributed by atoms with van der Waals surface area (Å²) in [5.41, 5.74) is 0.556. The fourth-order valence-electron chi connectivity index (χ4n) is 2.14. The molecule has 3 rings (SSSR count). The van der Waals surface area contributed by atoms with Crippen LogP contribution in [0.25, 0.3) is 0 Å². The SMILES string of the molecule is O=C(O)C1CN(C(=O)Cn2ccnn2)c2ccccc2O1. The first kappa shape index (κ1) is 13.1. The van der Waals surface area contributed by atoms with E-state index >= 15 is 0 Å². The summed E-state index contributed by atoms with van der Waals surface area (Å²) >= 11 is 0. The summed E-state index contributed by atoms with van der Waals surface area (Å²) in [6.45, 7) is -0.0550. The second-order valence-corrected chi connectivity index (χ2v) is 4.52. The van der Waals surface area contributed by atoms with E-state index < -0.39 is 12.1 Å². The van der Waals surface area contributed by atoms with Gasteiger partial charge in [-0.2, -0.15) is 0 Å². The number of aliphatic carboxylic acids is 1. The fraction of sp³-hybridized carbons (Fsp3) is 0.231. The smallest absolute Gasteiger partial charge is 0.346 e. The number of carbonyl (C=O) groups is 2. The van der Waals surface area contributed by atoms with Gasteiger partial charge in [0.25, 0.3) is 0 Å². The summed E-state index contributed by atoms with van der Waals surface area (Å²) in [6.07, 6.45) is 1.96. The molecule has 108 valence electrons. The molecule has 1 aromatic heterocycles. The molecule has 8 heteroatoms. The minimum absolute atomic E-state index is 0.0132. The molecule has 1 unspecified atom stereocenters. The van der Waals surface area contributed by atoms with Crippen LogP contribution in [0.3, 0.4) is 0 Å². The van der Waals surface area contributed by atoms with Crippen LogP contribution in [0.5, 0.6) is 5.75 Å². The number of rotatable bonds is 3. The van der Waals surface area contributed by atoms with Gasteiger partial charge in [-0.1, -0.05) is 17.3 Å². The number of aromatic nitrogens is 3. The molecule has 1 atom stereocenters. The summed E-state index contributed by atoms with van der Waals surface area (Å²) in [5.74, 6) is -1.01. The molecule has 0 saturated carbocycles. The van der Waals surface area contributed by atoms with Crippen molar-refractivity contribution in [2.45, 2.75) is 12.6 Å². The van der Waals surface area contributed by atoms with Crippen molar-refractivity contribution >= 4 is 17.6 Å². The molecule has 0 spiro atoms. The molecule has 21 heavy (non-hydrogen) atoms. The highest BCUT2D eigenvalue weighted by Crippen LogP contribution is 2.33. The third-order valence-electron chi connectivity index (χ3n) is 3.12. The van der Waals surface area contributed by atoms with Crippen molar-refractivity contribution in [3.05, 3.63) is 36.7 Å². The first-order valence-electron chi connectivity index (χ1n) is 6.28. The zero-order valence-corrected chi connectivity index (χ0v) is 10.9. The van der Waals surface area contributed by atoms with E-state index in [0.29, 0.717) is 11.4 Å². The number of benzene rings is 1. The van der Waals surface area contributed by atoms with Gasteiger partial charge in [-0.25, -0.2) is 9.48 Å². The number of hydrogen-bond acceptors (Lipinski definition) is 5. The van der Waals surface area contributed by atoms with Gasteiger partial charge in [0, 0.05) is 6.20 Å².